The Labute approximate surface area is 112 Å². The van der Waals surface area contributed by atoms with Crippen molar-refractivity contribution in [3.8, 4) is 17.4 Å². The lowest BCUT2D eigenvalue weighted by molar-refractivity contribution is 0.292. The first-order valence-corrected chi connectivity index (χ1v) is 6.22. The second-order valence-electron chi connectivity index (χ2n) is 4.05. The Balaban J connectivity index is 2.38. The van der Waals surface area contributed by atoms with Crippen LogP contribution in [0.4, 0.5) is 5.95 Å². The SMILES string of the molecule is CCCOc1nc(NC)nc(-c2ccnc(C)c2)n1. The molecule has 0 unspecified atom stereocenters. The van der Waals surface area contributed by atoms with Gasteiger partial charge in [0.15, 0.2) is 5.82 Å². The van der Waals surface area contributed by atoms with E-state index >= 15 is 0 Å². The number of aromatic nitrogens is 4. The van der Waals surface area contributed by atoms with Gasteiger partial charge in [-0.15, -0.1) is 0 Å². The third-order valence-electron chi connectivity index (χ3n) is 2.43. The Morgan fingerprint density at radius 1 is 1.26 bits per heavy atom. The zero-order chi connectivity index (χ0) is 13.7. The molecule has 0 aliphatic rings. The Morgan fingerprint density at radius 2 is 2.11 bits per heavy atom. The van der Waals surface area contributed by atoms with Gasteiger partial charge < -0.3 is 10.1 Å². The lowest BCUT2D eigenvalue weighted by Crippen LogP contribution is -2.06. The first-order chi connectivity index (χ1) is 9.22. The first kappa shape index (κ1) is 13.2. The maximum atomic E-state index is 5.47. The Bertz CT molecular complexity index is 558. The van der Waals surface area contributed by atoms with Gasteiger partial charge in [-0.3, -0.25) is 4.98 Å². The van der Waals surface area contributed by atoms with E-state index in [4.69, 9.17) is 4.74 Å². The van der Waals surface area contributed by atoms with Crippen LogP contribution in [0.2, 0.25) is 0 Å². The van der Waals surface area contributed by atoms with Crippen LogP contribution in [-0.4, -0.2) is 33.6 Å². The van der Waals surface area contributed by atoms with Gasteiger partial charge in [0.2, 0.25) is 5.95 Å². The Morgan fingerprint density at radius 3 is 2.79 bits per heavy atom. The van der Waals surface area contributed by atoms with Crippen LogP contribution in [0.1, 0.15) is 19.0 Å². The molecule has 0 atom stereocenters. The fourth-order valence-corrected chi connectivity index (χ4v) is 1.54. The zero-order valence-corrected chi connectivity index (χ0v) is 11.3. The van der Waals surface area contributed by atoms with Crippen LogP contribution in [-0.2, 0) is 0 Å². The van der Waals surface area contributed by atoms with Crippen LogP contribution < -0.4 is 10.1 Å². The van der Waals surface area contributed by atoms with Crippen LogP contribution in [0.25, 0.3) is 11.4 Å². The molecule has 6 nitrogen and oxygen atoms in total. The number of aryl methyl sites for hydroxylation is 1. The quantitative estimate of drug-likeness (QED) is 0.886. The van der Waals surface area contributed by atoms with E-state index in [9.17, 15) is 0 Å². The molecule has 0 spiro atoms. The summed E-state index contributed by atoms with van der Waals surface area (Å²) in [5.74, 6) is 1.07. The Hall–Kier alpha value is -2.24. The minimum Gasteiger partial charge on any atom is -0.463 e. The number of hydrogen-bond donors (Lipinski definition) is 1. The number of pyridine rings is 1. The summed E-state index contributed by atoms with van der Waals surface area (Å²) in [6.45, 7) is 4.55. The van der Waals surface area contributed by atoms with Crippen molar-refractivity contribution < 1.29 is 4.74 Å². The number of nitrogens with zero attached hydrogens (tertiary/aromatic N) is 4. The van der Waals surface area contributed by atoms with Crippen LogP contribution >= 0.6 is 0 Å². The number of rotatable bonds is 5. The molecule has 100 valence electrons. The van der Waals surface area contributed by atoms with Crippen LogP contribution in [0.15, 0.2) is 18.3 Å². The molecule has 2 aromatic rings. The molecule has 2 aromatic heterocycles. The number of nitrogens with one attached hydrogen (secondary N) is 1. The number of hydrogen-bond acceptors (Lipinski definition) is 6. The van der Waals surface area contributed by atoms with Crippen molar-refractivity contribution in [1.29, 1.82) is 0 Å². The summed E-state index contributed by atoms with van der Waals surface area (Å²) in [6, 6.07) is 4.13. The third-order valence-corrected chi connectivity index (χ3v) is 2.43. The minimum atomic E-state index is 0.339. The van der Waals surface area contributed by atoms with Crippen molar-refractivity contribution in [2.75, 3.05) is 19.0 Å². The fraction of sp³-hybridized carbons (Fsp3) is 0.385. The molecule has 0 aliphatic heterocycles. The summed E-state index contributed by atoms with van der Waals surface area (Å²) < 4.78 is 5.47. The van der Waals surface area contributed by atoms with Gasteiger partial charge >= 0.3 is 6.01 Å². The van der Waals surface area contributed by atoms with Gasteiger partial charge in [0.1, 0.15) is 0 Å². The predicted octanol–water partition coefficient (Wildman–Crippen LogP) is 2.07. The number of anilines is 1. The van der Waals surface area contributed by atoms with Crippen LogP contribution in [0.5, 0.6) is 6.01 Å². The van der Waals surface area contributed by atoms with Crippen molar-refractivity contribution in [3.05, 3.63) is 24.0 Å². The summed E-state index contributed by atoms with van der Waals surface area (Å²) in [5, 5.41) is 2.91. The molecule has 0 aromatic carbocycles. The molecule has 2 heterocycles. The van der Waals surface area contributed by atoms with E-state index in [2.05, 4.69) is 25.3 Å². The average molecular weight is 259 g/mol. The zero-order valence-electron chi connectivity index (χ0n) is 11.3. The lowest BCUT2D eigenvalue weighted by atomic mass is 10.2. The summed E-state index contributed by atoms with van der Waals surface area (Å²) in [5.41, 5.74) is 1.81. The molecule has 0 amide bonds. The molecule has 0 saturated carbocycles. The normalized spacial score (nSPS) is 10.3. The van der Waals surface area contributed by atoms with Crippen molar-refractivity contribution in [2.24, 2.45) is 0 Å². The van der Waals surface area contributed by atoms with Gasteiger partial charge in [-0.2, -0.15) is 15.0 Å². The molecule has 1 N–H and O–H groups in total. The second kappa shape index (κ2) is 6.08. The molecular weight excluding hydrogens is 242 g/mol. The van der Waals surface area contributed by atoms with Gasteiger partial charge in [-0.1, -0.05) is 6.92 Å². The fourth-order valence-electron chi connectivity index (χ4n) is 1.54. The maximum absolute atomic E-state index is 5.47. The van der Waals surface area contributed by atoms with Crippen LogP contribution in [0.3, 0.4) is 0 Å². The molecule has 19 heavy (non-hydrogen) atoms. The number of ether oxygens (including phenoxy) is 1. The van der Waals surface area contributed by atoms with Gasteiger partial charge in [0.25, 0.3) is 0 Å². The standard InChI is InChI=1S/C13H17N5O/c1-4-7-19-13-17-11(16-12(14-3)18-13)10-5-6-15-9(2)8-10/h5-6,8H,4,7H2,1-3H3,(H,14,16,17,18). The average Bonchev–Trinajstić information content (AvgIpc) is 2.44. The molecule has 0 saturated heterocycles. The molecule has 6 heteroatoms. The maximum Gasteiger partial charge on any atom is 0.321 e. The van der Waals surface area contributed by atoms with Crippen molar-refractivity contribution >= 4 is 5.95 Å². The highest BCUT2D eigenvalue weighted by atomic mass is 16.5. The smallest absolute Gasteiger partial charge is 0.321 e. The topological polar surface area (TPSA) is 72.8 Å². The van der Waals surface area contributed by atoms with E-state index in [1.54, 1.807) is 13.2 Å². The van der Waals surface area contributed by atoms with Crippen molar-refractivity contribution in [2.45, 2.75) is 20.3 Å². The second-order valence-corrected chi connectivity index (χ2v) is 4.05. The van der Waals surface area contributed by atoms with Gasteiger partial charge in [0, 0.05) is 24.5 Å². The largest absolute Gasteiger partial charge is 0.463 e. The summed E-state index contributed by atoms with van der Waals surface area (Å²) in [4.78, 5) is 17.0. The molecule has 0 fully saturated rings. The molecule has 0 radical (unpaired) electrons. The highest BCUT2D eigenvalue weighted by molar-refractivity contribution is 5.56. The first-order valence-electron chi connectivity index (χ1n) is 6.22. The van der Waals surface area contributed by atoms with E-state index in [1.165, 1.54) is 0 Å². The highest BCUT2D eigenvalue weighted by Crippen LogP contribution is 2.18. The molecule has 0 bridgehead atoms. The van der Waals surface area contributed by atoms with Gasteiger partial charge in [-0.05, 0) is 25.5 Å². The van der Waals surface area contributed by atoms with Gasteiger partial charge in [-0.25, -0.2) is 0 Å². The summed E-state index contributed by atoms with van der Waals surface area (Å²) >= 11 is 0. The predicted molar refractivity (Wildman–Crippen MR) is 73.1 cm³/mol. The monoisotopic (exact) mass is 259 g/mol. The third kappa shape index (κ3) is 3.37. The van der Waals surface area contributed by atoms with Crippen molar-refractivity contribution in [3.63, 3.8) is 0 Å². The van der Waals surface area contributed by atoms with E-state index in [0.29, 0.717) is 24.4 Å². The van der Waals surface area contributed by atoms with Gasteiger partial charge in [0.05, 0.1) is 6.61 Å². The van der Waals surface area contributed by atoms with Crippen LogP contribution in [0, 0.1) is 6.92 Å². The molecule has 0 aliphatic carbocycles. The minimum absolute atomic E-state index is 0.339. The lowest BCUT2D eigenvalue weighted by Gasteiger charge is -2.07. The van der Waals surface area contributed by atoms with E-state index in [-0.39, 0.29) is 0 Å². The molecule has 2 rings (SSSR count). The highest BCUT2D eigenvalue weighted by Gasteiger charge is 2.09. The van der Waals surface area contributed by atoms with E-state index in [0.717, 1.165) is 17.7 Å². The van der Waals surface area contributed by atoms with Crippen molar-refractivity contribution in [1.82, 2.24) is 19.9 Å². The van der Waals surface area contributed by atoms with E-state index in [1.807, 2.05) is 26.0 Å². The molecular formula is C13H17N5O. The Kier molecular flexibility index (Phi) is 4.22. The summed E-state index contributed by atoms with van der Waals surface area (Å²) in [7, 11) is 1.76. The summed E-state index contributed by atoms with van der Waals surface area (Å²) in [6.07, 6.45) is 2.64. The van der Waals surface area contributed by atoms with E-state index < -0.39 is 0 Å².